The van der Waals surface area contributed by atoms with Crippen molar-refractivity contribution in [2.45, 2.75) is 26.2 Å². The van der Waals surface area contributed by atoms with Gasteiger partial charge in [0.15, 0.2) is 18.1 Å². The highest BCUT2D eigenvalue weighted by Gasteiger charge is 2.18. The molecular formula is C15H22N2O4. The Balaban J connectivity index is 1.96. The van der Waals surface area contributed by atoms with Crippen LogP contribution < -0.4 is 25.3 Å². The zero-order valence-electron chi connectivity index (χ0n) is 12.3. The smallest absolute Gasteiger partial charge is 0.257 e. The van der Waals surface area contributed by atoms with E-state index in [4.69, 9.17) is 19.9 Å². The third kappa shape index (κ3) is 4.26. The number of benzene rings is 1. The quantitative estimate of drug-likeness (QED) is 0.704. The van der Waals surface area contributed by atoms with E-state index in [1.54, 1.807) is 6.07 Å². The normalized spacial score (nSPS) is 12.3. The summed E-state index contributed by atoms with van der Waals surface area (Å²) in [7, 11) is 0. The van der Waals surface area contributed by atoms with Crippen molar-refractivity contribution in [2.24, 2.45) is 5.73 Å². The molecule has 1 heterocycles. The number of unbranched alkanes of at least 4 members (excludes halogenated alkanes) is 1. The van der Waals surface area contributed by atoms with Crippen molar-refractivity contribution < 1.29 is 19.0 Å². The SMILES string of the molecule is CCCCNC(=O)COc1cc2c(cc1CCN)OCO2. The lowest BCUT2D eigenvalue weighted by molar-refractivity contribution is -0.123. The number of ether oxygens (including phenoxy) is 3. The molecule has 0 radical (unpaired) electrons. The van der Waals surface area contributed by atoms with Crippen LogP contribution in [0.1, 0.15) is 25.3 Å². The molecule has 3 N–H and O–H groups in total. The molecule has 1 amide bonds. The Labute approximate surface area is 124 Å². The van der Waals surface area contributed by atoms with E-state index in [2.05, 4.69) is 12.2 Å². The van der Waals surface area contributed by atoms with E-state index in [-0.39, 0.29) is 19.3 Å². The second-order valence-electron chi connectivity index (χ2n) is 4.84. The van der Waals surface area contributed by atoms with Gasteiger partial charge in [0.2, 0.25) is 6.79 Å². The molecule has 21 heavy (non-hydrogen) atoms. The summed E-state index contributed by atoms with van der Waals surface area (Å²) >= 11 is 0. The summed E-state index contributed by atoms with van der Waals surface area (Å²) in [6.45, 7) is 3.45. The molecule has 116 valence electrons. The van der Waals surface area contributed by atoms with Crippen LogP contribution in [0.4, 0.5) is 0 Å². The van der Waals surface area contributed by atoms with Crippen LogP contribution in [0, 0.1) is 0 Å². The number of fused-ring (bicyclic) bond motifs is 1. The summed E-state index contributed by atoms with van der Waals surface area (Å²) in [6.07, 6.45) is 2.67. The van der Waals surface area contributed by atoms with E-state index in [0.29, 0.717) is 36.8 Å². The second-order valence-corrected chi connectivity index (χ2v) is 4.84. The van der Waals surface area contributed by atoms with Crippen molar-refractivity contribution in [3.05, 3.63) is 17.7 Å². The summed E-state index contributed by atoms with van der Waals surface area (Å²) in [4.78, 5) is 11.7. The van der Waals surface area contributed by atoms with Crippen LogP contribution in [0.3, 0.4) is 0 Å². The molecule has 0 fully saturated rings. The summed E-state index contributed by atoms with van der Waals surface area (Å²) in [5, 5.41) is 2.81. The summed E-state index contributed by atoms with van der Waals surface area (Å²) in [5.74, 6) is 1.82. The number of carbonyl (C=O) groups excluding carboxylic acids is 1. The van der Waals surface area contributed by atoms with E-state index >= 15 is 0 Å². The monoisotopic (exact) mass is 294 g/mol. The molecular weight excluding hydrogens is 272 g/mol. The van der Waals surface area contributed by atoms with E-state index < -0.39 is 0 Å². The lowest BCUT2D eigenvalue weighted by Gasteiger charge is -2.12. The summed E-state index contributed by atoms with van der Waals surface area (Å²) < 4.78 is 16.3. The van der Waals surface area contributed by atoms with Gasteiger partial charge in [-0.2, -0.15) is 0 Å². The summed E-state index contributed by atoms with van der Waals surface area (Å²) in [6, 6.07) is 3.62. The van der Waals surface area contributed by atoms with E-state index in [0.717, 1.165) is 18.4 Å². The van der Waals surface area contributed by atoms with Crippen LogP contribution in [-0.2, 0) is 11.2 Å². The molecule has 0 atom stereocenters. The minimum atomic E-state index is -0.125. The van der Waals surface area contributed by atoms with Crippen LogP contribution in [0.2, 0.25) is 0 Å². The van der Waals surface area contributed by atoms with Gasteiger partial charge in [-0.05, 0) is 31.0 Å². The second kappa shape index (κ2) is 7.73. The minimum absolute atomic E-state index is 0.0130. The number of carbonyl (C=O) groups is 1. The van der Waals surface area contributed by atoms with E-state index in [1.807, 2.05) is 6.07 Å². The van der Waals surface area contributed by atoms with Crippen LogP contribution >= 0.6 is 0 Å². The van der Waals surface area contributed by atoms with Crippen molar-refractivity contribution in [1.29, 1.82) is 0 Å². The largest absolute Gasteiger partial charge is 0.483 e. The molecule has 1 aromatic carbocycles. The molecule has 0 aliphatic carbocycles. The first-order chi connectivity index (χ1) is 10.2. The van der Waals surface area contributed by atoms with E-state index in [1.165, 1.54) is 0 Å². The first-order valence-corrected chi connectivity index (χ1v) is 7.26. The maximum Gasteiger partial charge on any atom is 0.257 e. The van der Waals surface area contributed by atoms with Gasteiger partial charge in [0, 0.05) is 12.6 Å². The lowest BCUT2D eigenvalue weighted by Crippen LogP contribution is -2.29. The molecule has 0 saturated carbocycles. The van der Waals surface area contributed by atoms with Gasteiger partial charge in [-0.15, -0.1) is 0 Å². The zero-order chi connectivity index (χ0) is 15.1. The average molecular weight is 294 g/mol. The average Bonchev–Trinajstić information content (AvgIpc) is 2.92. The Bertz CT molecular complexity index is 491. The van der Waals surface area contributed by atoms with Gasteiger partial charge in [-0.1, -0.05) is 13.3 Å². The molecule has 6 heteroatoms. The predicted octanol–water partition coefficient (Wildman–Crippen LogP) is 1.21. The Morgan fingerprint density at radius 1 is 1.38 bits per heavy atom. The number of amides is 1. The van der Waals surface area contributed by atoms with Gasteiger partial charge >= 0.3 is 0 Å². The highest BCUT2D eigenvalue weighted by molar-refractivity contribution is 5.77. The fraction of sp³-hybridized carbons (Fsp3) is 0.533. The van der Waals surface area contributed by atoms with Crippen molar-refractivity contribution in [3.8, 4) is 17.2 Å². The Hall–Kier alpha value is -1.95. The molecule has 0 aromatic heterocycles. The van der Waals surface area contributed by atoms with Crippen molar-refractivity contribution in [3.63, 3.8) is 0 Å². The van der Waals surface area contributed by atoms with Gasteiger partial charge in [-0.3, -0.25) is 4.79 Å². The van der Waals surface area contributed by atoms with Crippen LogP contribution in [0.5, 0.6) is 17.2 Å². The van der Waals surface area contributed by atoms with Gasteiger partial charge < -0.3 is 25.3 Å². The Kier molecular flexibility index (Phi) is 5.68. The number of hydrogen-bond donors (Lipinski definition) is 2. The third-order valence-electron chi connectivity index (χ3n) is 3.18. The van der Waals surface area contributed by atoms with E-state index in [9.17, 15) is 4.79 Å². The van der Waals surface area contributed by atoms with Gasteiger partial charge in [0.05, 0.1) is 0 Å². The summed E-state index contributed by atoms with van der Waals surface area (Å²) in [5.41, 5.74) is 6.52. The minimum Gasteiger partial charge on any atom is -0.483 e. The zero-order valence-corrected chi connectivity index (χ0v) is 12.3. The molecule has 1 aromatic rings. The van der Waals surface area contributed by atoms with Gasteiger partial charge in [0.1, 0.15) is 5.75 Å². The maximum absolute atomic E-state index is 11.7. The molecule has 0 saturated heterocycles. The highest BCUT2D eigenvalue weighted by Crippen LogP contribution is 2.38. The molecule has 1 aliphatic rings. The molecule has 1 aliphatic heterocycles. The first kappa shape index (κ1) is 15.4. The lowest BCUT2D eigenvalue weighted by atomic mass is 10.1. The maximum atomic E-state index is 11.7. The molecule has 6 nitrogen and oxygen atoms in total. The molecule has 2 rings (SSSR count). The standard InChI is InChI=1S/C15H22N2O4/c1-2-3-6-17-15(18)9-19-12-8-14-13(20-10-21-14)7-11(12)4-5-16/h7-8H,2-6,9-10,16H2,1H3,(H,17,18). The third-order valence-corrected chi connectivity index (χ3v) is 3.18. The van der Waals surface area contributed by atoms with Gasteiger partial charge in [0.25, 0.3) is 5.91 Å². The number of nitrogens with one attached hydrogen (secondary N) is 1. The first-order valence-electron chi connectivity index (χ1n) is 7.26. The van der Waals surface area contributed by atoms with Gasteiger partial charge in [-0.25, -0.2) is 0 Å². The Morgan fingerprint density at radius 2 is 2.14 bits per heavy atom. The highest BCUT2D eigenvalue weighted by atomic mass is 16.7. The van der Waals surface area contributed by atoms with Crippen molar-refractivity contribution in [2.75, 3.05) is 26.5 Å². The number of nitrogens with two attached hydrogens (primary N) is 1. The Morgan fingerprint density at radius 3 is 2.86 bits per heavy atom. The number of hydrogen-bond acceptors (Lipinski definition) is 5. The van der Waals surface area contributed by atoms with Crippen molar-refractivity contribution >= 4 is 5.91 Å². The van der Waals surface area contributed by atoms with Crippen LogP contribution in [-0.4, -0.2) is 32.4 Å². The number of rotatable bonds is 8. The fourth-order valence-corrected chi connectivity index (χ4v) is 2.05. The molecule has 0 unspecified atom stereocenters. The van der Waals surface area contributed by atoms with Crippen LogP contribution in [0.15, 0.2) is 12.1 Å². The van der Waals surface area contributed by atoms with Crippen LogP contribution in [0.25, 0.3) is 0 Å². The topological polar surface area (TPSA) is 82.8 Å². The van der Waals surface area contributed by atoms with Crippen molar-refractivity contribution in [1.82, 2.24) is 5.32 Å². The fourth-order valence-electron chi connectivity index (χ4n) is 2.05. The predicted molar refractivity (Wildman–Crippen MR) is 78.7 cm³/mol. The molecule has 0 spiro atoms. The molecule has 0 bridgehead atoms.